The average molecular weight is 322 g/mol. The highest BCUT2D eigenvalue weighted by Gasteiger charge is 2.17. The van der Waals surface area contributed by atoms with Crippen molar-refractivity contribution in [1.29, 1.82) is 0 Å². The summed E-state index contributed by atoms with van der Waals surface area (Å²) in [5.41, 5.74) is 0.619. The molecule has 0 aliphatic heterocycles. The van der Waals surface area contributed by atoms with Crippen LogP contribution in [0.3, 0.4) is 0 Å². The molecule has 0 bridgehead atoms. The number of ether oxygens (including phenoxy) is 1. The first kappa shape index (κ1) is 15.3. The van der Waals surface area contributed by atoms with E-state index in [-0.39, 0.29) is 0 Å². The summed E-state index contributed by atoms with van der Waals surface area (Å²) in [5.74, 6) is 2.18. The van der Waals surface area contributed by atoms with Gasteiger partial charge in [-0.2, -0.15) is 0 Å². The first-order valence-electron chi connectivity index (χ1n) is 5.70. The Labute approximate surface area is 122 Å². The zero-order valence-electron chi connectivity index (χ0n) is 11.2. The first-order valence-corrected chi connectivity index (χ1v) is 6.49. The van der Waals surface area contributed by atoms with E-state index in [4.69, 9.17) is 11.2 Å². The van der Waals surface area contributed by atoms with E-state index in [1.165, 1.54) is 7.11 Å². The highest BCUT2D eigenvalue weighted by Crippen LogP contribution is 2.24. The molecular weight excluding hydrogens is 306 g/mol. The van der Waals surface area contributed by atoms with E-state index in [9.17, 15) is 4.79 Å². The van der Waals surface area contributed by atoms with Crippen LogP contribution in [-0.4, -0.2) is 18.6 Å². The number of methoxy groups -OCH3 is 1. The molecule has 0 radical (unpaired) electrons. The SMILES string of the molecule is C#CC(C)(C)N/C=C(\C(=O)OC)c1ccccc1Br. The molecule has 0 unspecified atom stereocenters. The van der Waals surface area contributed by atoms with E-state index >= 15 is 0 Å². The number of hydrogen-bond donors (Lipinski definition) is 1. The Morgan fingerprint density at radius 2 is 2.11 bits per heavy atom. The fraction of sp³-hybridized carbons (Fsp3) is 0.267. The molecule has 0 amide bonds. The predicted octanol–water partition coefficient (Wildman–Crippen LogP) is 2.96. The Bertz CT molecular complexity index is 541. The summed E-state index contributed by atoms with van der Waals surface area (Å²) in [6.07, 6.45) is 6.99. The van der Waals surface area contributed by atoms with Crippen molar-refractivity contribution < 1.29 is 9.53 Å². The van der Waals surface area contributed by atoms with Crippen LogP contribution in [0.25, 0.3) is 5.57 Å². The van der Waals surface area contributed by atoms with Crippen LogP contribution in [0.2, 0.25) is 0 Å². The minimum absolute atomic E-state index is 0.415. The third-order valence-electron chi connectivity index (χ3n) is 2.51. The molecule has 3 nitrogen and oxygen atoms in total. The van der Waals surface area contributed by atoms with Crippen LogP contribution in [0, 0.1) is 12.3 Å². The van der Waals surface area contributed by atoms with E-state index in [1.807, 2.05) is 38.1 Å². The van der Waals surface area contributed by atoms with Crippen molar-refractivity contribution in [2.45, 2.75) is 19.4 Å². The van der Waals surface area contributed by atoms with Crippen molar-refractivity contribution >= 4 is 27.5 Å². The Morgan fingerprint density at radius 3 is 2.63 bits per heavy atom. The van der Waals surface area contributed by atoms with Crippen molar-refractivity contribution in [3.8, 4) is 12.3 Å². The molecule has 0 saturated heterocycles. The Kier molecular flexibility index (Phi) is 5.20. The Balaban J connectivity index is 3.18. The summed E-state index contributed by atoms with van der Waals surface area (Å²) >= 11 is 3.42. The quantitative estimate of drug-likeness (QED) is 0.526. The largest absolute Gasteiger partial charge is 0.465 e. The van der Waals surface area contributed by atoms with Crippen LogP contribution in [-0.2, 0) is 9.53 Å². The Hall–Kier alpha value is -1.73. The predicted molar refractivity (Wildman–Crippen MR) is 80.2 cm³/mol. The van der Waals surface area contributed by atoms with Crippen LogP contribution in [0.1, 0.15) is 19.4 Å². The maximum Gasteiger partial charge on any atom is 0.339 e. The molecule has 1 rings (SSSR count). The van der Waals surface area contributed by atoms with Gasteiger partial charge in [0.2, 0.25) is 0 Å². The lowest BCUT2D eigenvalue weighted by Gasteiger charge is -2.19. The van der Waals surface area contributed by atoms with Gasteiger partial charge in [-0.25, -0.2) is 4.79 Å². The standard InChI is InChI=1S/C15H16BrNO2/c1-5-15(2,3)17-10-12(14(18)19-4)11-8-6-7-9-13(11)16/h1,6-10,17H,2-4H3/b12-10-. The molecule has 0 aliphatic rings. The van der Waals surface area contributed by atoms with Gasteiger partial charge in [-0.3, -0.25) is 0 Å². The van der Waals surface area contributed by atoms with E-state index < -0.39 is 11.5 Å². The van der Waals surface area contributed by atoms with Gasteiger partial charge in [0.25, 0.3) is 0 Å². The van der Waals surface area contributed by atoms with Gasteiger partial charge in [0.1, 0.15) is 0 Å². The van der Waals surface area contributed by atoms with Gasteiger partial charge in [0, 0.05) is 16.2 Å². The second-order valence-corrected chi connectivity index (χ2v) is 5.30. The molecule has 0 aliphatic carbocycles. The van der Waals surface area contributed by atoms with Crippen molar-refractivity contribution in [1.82, 2.24) is 5.32 Å². The van der Waals surface area contributed by atoms with Gasteiger partial charge in [0.05, 0.1) is 18.2 Å². The third-order valence-corrected chi connectivity index (χ3v) is 3.20. The van der Waals surface area contributed by atoms with E-state index in [0.29, 0.717) is 5.57 Å². The number of carbonyl (C=O) groups is 1. The lowest BCUT2D eigenvalue weighted by Crippen LogP contribution is -2.34. The number of terminal acetylenes is 1. The summed E-state index contributed by atoms with van der Waals surface area (Å²) in [7, 11) is 1.35. The summed E-state index contributed by atoms with van der Waals surface area (Å²) in [4.78, 5) is 11.9. The van der Waals surface area contributed by atoms with Crippen molar-refractivity contribution in [2.75, 3.05) is 7.11 Å². The molecule has 0 atom stereocenters. The summed E-state index contributed by atoms with van der Waals surface area (Å²) in [6.45, 7) is 3.69. The minimum atomic E-state index is -0.541. The molecule has 1 aromatic carbocycles. The van der Waals surface area contributed by atoms with E-state index in [2.05, 4.69) is 27.2 Å². The van der Waals surface area contributed by atoms with Gasteiger partial charge in [-0.05, 0) is 19.9 Å². The number of hydrogen-bond acceptors (Lipinski definition) is 3. The van der Waals surface area contributed by atoms with Crippen molar-refractivity contribution in [3.05, 3.63) is 40.5 Å². The summed E-state index contributed by atoms with van der Waals surface area (Å²) in [5, 5.41) is 3.03. The monoisotopic (exact) mass is 321 g/mol. The number of esters is 1. The molecule has 100 valence electrons. The number of nitrogens with one attached hydrogen (secondary N) is 1. The number of carbonyl (C=O) groups excluding carboxylic acids is 1. The zero-order chi connectivity index (χ0) is 14.5. The number of halogens is 1. The van der Waals surface area contributed by atoms with Crippen LogP contribution in [0.4, 0.5) is 0 Å². The number of rotatable bonds is 4. The van der Waals surface area contributed by atoms with Gasteiger partial charge in [0.15, 0.2) is 0 Å². The highest BCUT2D eigenvalue weighted by molar-refractivity contribution is 9.10. The topological polar surface area (TPSA) is 38.3 Å². The normalized spacial score (nSPS) is 11.6. The fourth-order valence-corrected chi connectivity index (χ4v) is 1.83. The minimum Gasteiger partial charge on any atom is -0.465 e. The van der Waals surface area contributed by atoms with Gasteiger partial charge in [-0.15, -0.1) is 6.42 Å². The van der Waals surface area contributed by atoms with Crippen LogP contribution >= 0.6 is 15.9 Å². The maximum absolute atomic E-state index is 11.9. The molecule has 0 fully saturated rings. The molecular formula is C15H16BrNO2. The molecule has 4 heteroatoms. The molecule has 0 aromatic heterocycles. The maximum atomic E-state index is 11.9. The Morgan fingerprint density at radius 1 is 1.47 bits per heavy atom. The van der Waals surface area contributed by atoms with Crippen molar-refractivity contribution in [2.24, 2.45) is 0 Å². The third kappa shape index (κ3) is 4.15. The van der Waals surface area contributed by atoms with Crippen LogP contribution < -0.4 is 5.32 Å². The van der Waals surface area contributed by atoms with Crippen LogP contribution in [0.15, 0.2) is 34.9 Å². The fourth-order valence-electron chi connectivity index (χ4n) is 1.33. The molecule has 0 heterocycles. The smallest absolute Gasteiger partial charge is 0.339 e. The van der Waals surface area contributed by atoms with Gasteiger partial charge in [-0.1, -0.05) is 40.0 Å². The lowest BCUT2D eigenvalue weighted by molar-refractivity contribution is -0.133. The molecule has 1 N–H and O–H groups in total. The average Bonchev–Trinajstić information content (AvgIpc) is 2.40. The summed E-state index contributed by atoms with van der Waals surface area (Å²) < 4.78 is 5.61. The lowest BCUT2D eigenvalue weighted by atomic mass is 10.0. The molecule has 19 heavy (non-hydrogen) atoms. The highest BCUT2D eigenvalue weighted by atomic mass is 79.9. The van der Waals surface area contributed by atoms with E-state index in [0.717, 1.165) is 10.0 Å². The second-order valence-electron chi connectivity index (χ2n) is 4.44. The molecule has 0 saturated carbocycles. The molecule has 1 aromatic rings. The summed E-state index contributed by atoms with van der Waals surface area (Å²) in [6, 6.07) is 7.42. The molecule has 0 spiro atoms. The van der Waals surface area contributed by atoms with Gasteiger partial charge >= 0.3 is 5.97 Å². The van der Waals surface area contributed by atoms with Crippen molar-refractivity contribution in [3.63, 3.8) is 0 Å². The first-order chi connectivity index (χ1) is 8.91. The second kappa shape index (κ2) is 6.44. The van der Waals surface area contributed by atoms with E-state index in [1.54, 1.807) is 6.20 Å². The number of benzene rings is 1. The van der Waals surface area contributed by atoms with Gasteiger partial charge < -0.3 is 10.1 Å². The zero-order valence-corrected chi connectivity index (χ0v) is 12.7. The van der Waals surface area contributed by atoms with Crippen LogP contribution in [0.5, 0.6) is 0 Å².